The van der Waals surface area contributed by atoms with E-state index in [0.717, 1.165) is 16.7 Å². The molecule has 3 aromatic carbocycles. The molecule has 0 radical (unpaired) electrons. The summed E-state index contributed by atoms with van der Waals surface area (Å²) in [4.78, 5) is 12.6. The van der Waals surface area contributed by atoms with Crippen LogP contribution in [0.1, 0.15) is 29.0 Å². The molecule has 0 bridgehead atoms. The second kappa shape index (κ2) is 11.0. The molecule has 2 atom stereocenters. The molecule has 1 saturated heterocycles. The first-order valence-electron chi connectivity index (χ1n) is 11.3. The van der Waals surface area contributed by atoms with E-state index in [-0.39, 0.29) is 17.8 Å². The third kappa shape index (κ3) is 5.45. The molecule has 0 aliphatic carbocycles. The van der Waals surface area contributed by atoms with Crippen molar-refractivity contribution in [2.24, 2.45) is 5.92 Å². The fourth-order valence-electron chi connectivity index (χ4n) is 4.29. The van der Waals surface area contributed by atoms with E-state index in [2.05, 4.69) is 0 Å². The van der Waals surface area contributed by atoms with Crippen LogP contribution in [0, 0.1) is 5.92 Å². The van der Waals surface area contributed by atoms with Crippen LogP contribution in [0.5, 0.6) is 23.0 Å². The molecule has 0 N–H and O–H groups in total. The topological polar surface area (TPSA) is 63.2 Å². The number of hydrogen-bond acceptors (Lipinski definition) is 6. The second-order valence-electron chi connectivity index (χ2n) is 8.34. The van der Waals surface area contributed by atoms with Crippen molar-refractivity contribution in [2.45, 2.75) is 25.4 Å². The fourth-order valence-corrected chi connectivity index (χ4v) is 4.29. The Morgan fingerprint density at radius 3 is 2.24 bits per heavy atom. The molecule has 1 unspecified atom stereocenters. The van der Waals surface area contributed by atoms with Gasteiger partial charge in [-0.2, -0.15) is 0 Å². The first-order chi connectivity index (χ1) is 16.6. The lowest BCUT2D eigenvalue weighted by atomic mass is 9.84. The summed E-state index contributed by atoms with van der Waals surface area (Å²) in [6.07, 6.45) is 1.26. The van der Waals surface area contributed by atoms with Crippen molar-refractivity contribution in [3.05, 3.63) is 83.4 Å². The van der Waals surface area contributed by atoms with Gasteiger partial charge in [-0.15, -0.1) is 0 Å². The molecule has 3 aromatic rings. The van der Waals surface area contributed by atoms with Crippen LogP contribution in [-0.4, -0.2) is 33.9 Å². The number of rotatable bonds is 9. The van der Waals surface area contributed by atoms with Gasteiger partial charge in [0.1, 0.15) is 6.61 Å². The Morgan fingerprint density at radius 1 is 0.794 bits per heavy atom. The molecule has 1 aliphatic heterocycles. The number of hydrogen-bond donors (Lipinski definition) is 0. The van der Waals surface area contributed by atoms with Gasteiger partial charge in [0, 0.05) is 5.92 Å². The van der Waals surface area contributed by atoms with Crippen LogP contribution in [0.3, 0.4) is 0 Å². The van der Waals surface area contributed by atoms with E-state index in [1.807, 2.05) is 66.7 Å². The summed E-state index contributed by atoms with van der Waals surface area (Å²) in [7, 11) is 4.85. The molecule has 6 nitrogen and oxygen atoms in total. The summed E-state index contributed by atoms with van der Waals surface area (Å²) in [5, 5.41) is 0. The van der Waals surface area contributed by atoms with Gasteiger partial charge in [-0.25, -0.2) is 0 Å². The van der Waals surface area contributed by atoms with Gasteiger partial charge >= 0.3 is 5.97 Å². The Labute approximate surface area is 200 Å². The molecule has 1 fully saturated rings. The quantitative estimate of drug-likeness (QED) is 0.408. The highest BCUT2D eigenvalue weighted by molar-refractivity contribution is 5.74. The van der Waals surface area contributed by atoms with Gasteiger partial charge in [-0.05, 0) is 53.8 Å². The number of esters is 1. The average Bonchev–Trinajstić information content (AvgIpc) is 2.89. The molecule has 1 aliphatic rings. The number of ether oxygens (including phenoxy) is 5. The zero-order chi connectivity index (χ0) is 23.9. The van der Waals surface area contributed by atoms with E-state index in [4.69, 9.17) is 23.7 Å². The molecular weight excluding hydrogens is 432 g/mol. The molecule has 0 aromatic heterocycles. The van der Waals surface area contributed by atoms with Crippen molar-refractivity contribution in [1.29, 1.82) is 0 Å². The predicted octanol–water partition coefficient (Wildman–Crippen LogP) is 5.18. The lowest BCUT2D eigenvalue weighted by Gasteiger charge is -2.29. The Bertz CT molecular complexity index is 1110. The van der Waals surface area contributed by atoms with Crippen LogP contribution in [0.15, 0.2) is 66.7 Å². The predicted molar refractivity (Wildman–Crippen MR) is 129 cm³/mol. The summed E-state index contributed by atoms with van der Waals surface area (Å²) in [6, 6.07) is 21.7. The summed E-state index contributed by atoms with van der Waals surface area (Å²) in [5.41, 5.74) is 3.15. The standard InChI is InChI=1S/C28H30O6/c1-30-24-12-10-21(16-27(24)32-3)23-15-22(28(29)34-18-23)13-20-9-11-25(26(14-20)31-2)33-17-19-7-5-4-6-8-19/h4-12,14,16,22-23H,13,15,17-18H2,1-3H3/t22-,23?/m1/s1. The fraction of sp³-hybridized carbons (Fsp3) is 0.321. The molecule has 6 heteroatoms. The summed E-state index contributed by atoms with van der Waals surface area (Å²) >= 11 is 0. The molecule has 4 rings (SSSR count). The number of carbonyl (C=O) groups is 1. The maximum Gasteiger partial charge on any atom is 0.309 e. The Morgan fingerprint density at radius 2 is 1.50 bits per heavy atom. The van der Waals surface area contributed by atoms with Crippen LogP contribution in [0.4, 0.5) is 0 Å². The van der Waals surface area contributed by atoms with E-state index >= 15 is 0 Å². The summed E-state index contributed by atoms with van der Waals surface area (Å²) in [6.45, 7) is 0.818. The summed E-state index contributed by atoms with van der Waals surface area (Å²) in [5.74, 6) is 2.35. The van der Waals surface area contributed by atoms with Crippen molar-refractivity contribution in [3.8, 4) is 23.0 Å². The normalized spacial score (nSPS) is 17.6. The average molecular weight is 463 g/mol. The van der Waals surface area contributed by atoms with Crippen molar-refractivity contribution >= 4 is 5.97 Å². The Kier molecular flexibility index (Phi) is 7.58. The van der Waals surface area contributed by atoms with Crippen LogP contribution < -0.4 is 18.9 Å². The number of methoxy groups -OCH3 is 3. The highest BCUT2D eigenvalue weighted by Gasteiger charge is 2.32. The largest absolute Gasteiger partial charge is 0.493 e. The molecule has 178 valence electrons. The van der Waals surface area contributed by atoms with E-state index in [0.29, 0.717) is 49.1 Å². The molecule has 1 heterocycles. The SMILES string of the molecule is COc1ccc(C2COC(=O)[C@H](Cc3ccc(OCc4ccccc4)c(OC)c3)C2)cc1OC. The molecule has 34 heavy (non-hydrogen) atoms. The molecule has 0 spiro atoms. The third-order valence-electron chi connectivity index (χ3n) is 6.16. The van der Waals surface area contributed by atoms with Crippen molar-refractivity contribution in [2.75, 3.05) is 27.9 Å². The maximum atomic E-state index is 12.6. The van der Waals surface area contributed by atoms with Crippen LogP contribution in [0.25, 0.3) is 0 Å². The van der Waals surface area contributed by atoms with E-state index in [1.165, 1.54) is 0 Å². The lowest BCUT2D eigenvalue weighted by molar-refractivity contribution is -0.154. The zero-order valence-corrected chi connectivity index (χ0v) is 19.8. The number of benzene rings is 3. The lowest BCUT2D eigenvalue weighted by Crippen LogP contribution is -2.30. The highest BCUT2D eigenvalue weighted by Crippen LogP contribution is 2.37. The molecule has 0 saturated carbocycles. The molecule has 0 amide bonds. The van der Waals surface area contributed by atoms with Crippen LogP contribution in [0.2, 0.25) is 0 Å². The third-order valence-corrected chi connectivity index (χ3v) is 6.16. The van der Waals surface area contributed by atoms with Crippen molar-refractivity contribution in [1.82, 2.24) is 0 Å². The highest BCUT2D eigenvalue weighted by atomic mass is 16.5. The van der Waals surface area contributed by atoms with E-state index < -0.39 is 0 Å². The summed E-state index contributed by atoms with van der Waals surface area (Å²) < 4.78 is 27.9. The van der Waals surface area contributed by atoms with Gasteiger partial charge in [-0.1, -0.05) is 42.5 Å². The van der Waals surface area contributed by atoms with Crippen LogP contribution in [-0.2, 0) is 22.6 Å². The van der Waals surface area contributed by atoms with E-state index in [9.17, 15) is 4.79 Å². The second-order valence-corrected chi connectivity index (χ2v) is 8.34. The van der Waals surface area contributed by atoms with Gasteiger partial charge < -0.3 is 23.7 Å². The smallest absolute Gasteiger partial charge is 0.309 e. The van der Waals surface area contributed by atoms with Gasteiger partial charge in [-0.3, -0.25) is 4.79 Å². The zero-order valence-electron chi connectivity index (χ0n) is 19.8. The first-order valence-corrected chi connectivity index (χ1v) is 11.3. The maximum absolute atomic E-state index is 12.6. The number of carbonyl (C=O) groups excluding carboxylic acids is 1. The van der Waals surface area contributed by atoms with Gasteiger partial charge in [0.05, 0.1) is 33.9 Å². The van der Waals surface area contributed by atoms with Crippen molar-refractivity contribution in [3.63, 3.8) is 0 Å². The molecular formula is C28H30O6. The van der Waals surface area contributed by atoms with E-state index in [1.54, 1.807) is 21.3 Å². The minimum absolute atomic E-state index is 0.0953. The Balaban J connectivity index is 1.45. The monoisotopic (exact) mass is 462 g/mol. The van der Waals surface area contributed by atoms with Gasteiger partial charge in [0.2, 0.25) is 0 Å². The Hall–Kier alpha value is -3.67. The van der Waals surface area contributed by atoms with Crippen LogP contribution >= 0.6 is 0 Å². The van der Waals surface area contributed by atoms with Gasteiger partial charge in [0.25, 0.3) is 0 Å². The first kappa shape index (κ1) is 23.5. The number of cyclic esters (lactones) is 1. The van der Waals surface area contributed by atoms with Crippen molar-refractivity contribution < 1.29 is 28.5 Å². The minimum Gasteiger partial charge on any atom is -0.493 e. The minimum atomic E-state index is -0.243. The van der Waals surface area contributed by atoms with Gasteiger partial charge in [0.15, 0.2) is 23.0 Å².